The van der Waals surface area contributed by atoms with Gasteiger partial charge < -0.3 is 10.8 Å². The summed E-state index contributed by atoms with van der Waals surface area (Å²) in [6, 6.07) is 10.1. The lowest BCUT2D eigenvalue weighted by Crippen LogP contribution is -2.05. The van der Waals surface area contributed by atoms with E-state index in [1.165, 1.54) is 6.07 Å². The predicted molar refractivity (Wildman–Crippen MR) is 70.8 cm³/mol. The molecule has 0 aliphatic rings. The van der Waals surface area contributed by atoms with Crippen molar-refractivity contribution in [3.8, 4) is 17.3 Å². The molecule has 6 heteroatoms. The quantitative estimate of drug-likeness (QED) is 0.876. The summed E-state index contributed by atoms with van der Waals surface area (Å²) in [6.07, 6.45) is 0. The number of benzene rings is 1. The van der Waals surface area contributed by atoms with Gasteiger partial charge in [-0.05, 0) is 18.2 Å². The zero-order chi connectivity index (χ0) is 14.0. The molecular formula is C13H8ClN3O2. The summed E-state index contributed by atoms with van der Waals surface area (Å²) in [7, 11) is 0. The van der Waals surface area contributed by atoms with Crippen molar-refractivity contribution in [2.75, 3.05) is 5.73 Å². The molecule has 2 rings (SSSR count). The molecule has 0 saturated heterocycles. The topological polar surface area (TPSA) is 100 Å². The number of carboxylic acid groups (broad SMARTS) is 1. The molecule has 0 atom stereocenters. The first-order valence-electron chi connectivity index (χ1n) is 5.22. The molecule has 0 amide bonds. The van der Waals surface area contributed by atoms with Gasteiger partial charge >= 0.3 is 5.97 Å². The minimum Gasteiger partial charge on any atom is -0.476 e. The Morgan fingerprint density at radius 1 is 1.42 bits per heavy atom. The molecule has 0 radical (unpaired) electrons. The van der Waals surface area contributed by atoms with Crippen molar-refractivity contribution in [2.45, 2.75) is 0 Å². The number of rotatable bonds is 2. The van der Waals surface area contributed by atoms with E-state index in [0.717, 1.165) is 0 Å². The zero-order valence-corrected chi connectivity index (χ0v) is 10.3. The Morgan fingerprint density at radius 3 is 2.79 bits per heavy atom. The number of nitrogen functional groups attached to an aromatic ring is 1. The number of anilines is 1. The number of aromatic nitrogens is 1. The van der Waals surface area contributed by atoms with Crippen LogP contribution < -0.4 is 5.73 Å². The van der Waals surface area contributed by atoms with Gasteiger partial charge in [-0.3, -0.25) is 0 Å². The van der Waals surface area contributed by atoms with Gasteiger partial charge in [-0.15, -0.1) is 0 Å². The van der Waals surface area contributed by atoms with Crippen LogP contribution in [0.3, 0.4) is 0 Å². The van der Waals surface area contributed by atoms with Crippen LogP contribution in [0.5, 0.6) is 0 Å². The second kappa shape index (κ2) is 4.96. The van der Waals surface area contributed by atoms with Gasteiger partial charge in [-0.1, -0.05) is 23.7 Å². The Hall–Kier alpha value is -2.58. The van der Waals surface area contributed by atoms with Crippen molar-refractivity contribution in [2.24, 2.45) is 0 Å². The number of pyridine rings is 1. The van der Waals surface area contributed by atoms with E-state index in [1.54, 1.807) is 24.3 Å². The first-order chi connectivity index (χ1) is 9.02. The van der Waals surface area contributed by atoms with Crippen LogP contribution in [-0.2, 0) is 0 Å². The van der Waals surface area contributed by atoms with E-state index in [1.807, 2.05) is 6.07 Å². The third kappa shape index (κ3) is 2.49. The van der Waals surface area contributed by atoms with Crippen molar-refractivity contribution >= 4 is 23.3 Å². The fraction of sp³-hybridized carbons (Fsp3) is 0. The van der Waals surface area contributed by atoms with Crippen LogP contribution in [0.1, 0.15) is 16.1 Å². The van der Waals surface area contributed by atoms with Gasteiger partial charge in [0.1, 0.15) is 0 Å². The summed E-state index contributed by atoms with van der Waals surface area (Å²) in [6.45, 7) is 0. The second-order valence-corrected chi connectivity index (χ2v) is 4.14. The minimum atomic E-state index is -1.25. The Kier molecular flexibility index (Phi) is 3.36. The molecule has 1 aromatic heterocycles. The highest BCUT2D eigenvalue weighted by Crippen LogP contribution is 2.28. The summed E-state index contributed by atoms with van der Waals surface area (Å²) >= 11 is 5.79. The van der Waals surface area contributed by atoms with Gasteiger partial charge in [-0.2, -0.15) is 5.26 Å². The van der Waals surface area contributed by atoms with Gasteiger partial charge in [0, 0.05) is 5.56 Å². The SMILES string of the molecule is N#Cc1cccc(-c2cc(N)c(Cl)c(C(=O)O)n2)c1. The van der Waals surface area contributed by atoms with Gasteiger partial charge in [0.25, 0.3) is 0 Å². The molecule has 0 spiro atoms. The van der Waals surface area contributed by atoms with Crippen molar-refractivity contribution in [3.05, 3.63) is 46.6 Å². The maximum atomic E-state index is 11.0. The van der Waals surface area contributed by atoms with E-state index in [0.29, 0.717) is 16.8 Å². The molecule has 3 N–H and O–H groups in total. The normalized spacial score (nSPS) is 9.89. The lowest BCUT2D eigenvalue weighted by Gasteiger charge is -2.07. The first kappa shape index (κ1) is 12.9. The largest absolute Gasteiger partial charge is 0.476 e. The molecule has 1 aromatic carbocycles. The number of aromatic carboxylic acids is 1. The summed E-state index contributed by atoms with van der Waals surface area (Å²) in [5.74, 6) is -1.25. The fourth-order valence-electron chi connectivity index (χ4n) is 1.59. The van der Waals surface area contributed by atoms with Crippen molar-refractivity contribution < 1.29 is 9.90 Å². The highest BCUT2D eigenvalue weighted by atomic mass is 35.5. The lowest BCUT2D eigenvalue weighted by molar-refractivity contribution is 0.0691. The van der Waals surface area contributed by atoms with E-state index < -0.39 is 5.97 Å². The van der Waals surface area contributed by atoms with Crippen LogP contribution in [0.15, 0.2) is 30.3 Å². The number of carbonyl (C=O) groups is 1. The average molecular weight is 274 g/mol. The van der Waals surface area contributed by atoms with E-state index in [9.17, 15) is 4.79 Å². The summed E-state index contributed by atoms with van der Waals surface area (Å²) in [5, 5.41) is 17.8. The standard InChI is InChI=1S/C13H8ClN3O2/c14-11-9(16)5-10(17-12(11)13(18)19)8-3-1-2-7(4-8)6-15/h1-5H,(H2,16,17)(H,18,19). The number of hydrogen-bond acceptors (Lipinski definition) is 4. The first-order valence-corrected chi connectivity index (χ1v) is 5.60. The fourth-order valence-corrected chi connectivity index (χ4v) is 1.76. The maximum Gasteiger partial charge on any atom is 0.356 e. The third-order valence-corrected chi connectivity index (χ3v) is 2.87. The molecule has 94 valence electrons. The molecule has 2 aromatic rings. The van der Waals surface area contributed by atoms with Crippen molar-refractivity contribution in [1.29, 1.82) is 5.26 Å². The van der Waals surface area contributed by atoms with Gasteiger partial charge in [0.05, 0.1) is 28.0 Å². The van der Waals surface area contributed by atoms with Crippen LogP contribution >= 0.6 is 11.6 Å². The highest BCUT2D eigenvalue weighted by molar-refractivity contribution is 6.35. The molecule has 0 fully saturated rings. The molecule has 0 bridgehead atoms. The maximum absolute atomic E-state index is 11.0. The van der Waals surface area contributed by atoms with Crippen molar-refractivity contribution in [3.63, 3.8) is 0 Å². The second-order valence-electron chi connectivity index (χ2n) is 3.76. The smallest absolute Gasteiger partial charge is 0.356 e. The van der Waals surface area contributed by atoms with Gasteiger partial charge in [0.15, 0.2) is 5.69 Å². The van der Waals surface area contributed by atoms with Crippen LogP contribution in [0.4, 0.5) is 5.69 Å². The summed E-state index contributed by atoms with van der Waals surface area (Å²) in [5.41, 5.74) is 6.90. The zero-order valence-electron chi connectivity index (χ0n) is 9.59. The number of nitriles is 1. The third-order valence-electron chi connectivity index (χ3n) is 2.48. The Balaban J connectivity index is 2.63. The number of halogens is 1. The predicted octanol–water partition coefficient (Wildman–Crippen LogP) is 2.55. The highest BCUT2D eigenvalue weighted by Gasteiger charge is 2.16. The molecule has 1 heterocycles. The van der Waals surface area contributed by atoms with E-state index >= 15 is 0 Å². The van der Waals surface area contributed by atoms with Crippen molar-refractivity contribution in [1.82, 2.24) is 4.98 Å². The Bertz CT molecular complexity index is 708. The van der Waals surface area contributed by atoms with Crippen LogP contribution in [-0.4, -0.2) is 16.1 Å². The van der Waals surface area contributed by atoms with E-state index in [2.05, 4.69) is 4.98 Å². The molecule has 5 nitrogen and oxygen atoms in total. The number of hydrogen-bond donors (Lipinski definition) is 2. The summed E-state index contributed by atoms with van der Waals surface area (Å²) < 4.78 is 0. The molecule has 0 aliphatic carbocycles. The average Bonchev–Trinajstić information content (AvgIpc) is 2.41. The Morgan fingerprint density at radius 2 is 2.16 bits per heavy atom. The van der Waals surface area contributed by atoms with E-state index in [-0.39, 0.29) is 16.4 Å². The molecular weight excluding hydrogens is 266 g/mol. The molecule has 19 heavy (non-hydrogen) atoms. The monoisotopic (exact) mass is 273 g/mol. The number of nitrogens with zero attached hydrogens (tertiary/aromatic N) is 2. The van der Waals surface area contributed by atoms with E-state index in [4.69, 9.17) is 27.7 Å². The lowest BCUT2D eigenvalue weighted by atomic mass is 10.1. The minimum absolute atomic E-state index is 0.0901. The van der Waals surface area contributed by atoms with Crippen LogP contribution in [0.25, 0.3) is 11.3 Å². The van der Waals surface area contributed by atoms with Gasteiger partial charge in [-0.25, -0.2) is 9.78 Å². The Labute approximate surface area is 113 Å². The van der Waals surface area contributed by atoms with Crippen LogP contribution in [0.2, 0.25) is 5.02 Å². The molecule has 0 unspecified atom stereocenters. The number of nitrogens with two attached hydrogens (primary N) is 1. The molecule has 0 saturated carbocycles. The van der Waals surface area contributed by atoms with Crippen LogP contribution in [0, 0.1) is 11.3 Å². The summed E-state index contributed by atoms with van der Waals surface area (Å²) in [4.78, 5) is 15.0. The molecule has 0 aliphatic heterocycles. The van der Waals surface area contributed by atoms with Gasteiger partial charge in [0.2, 0.25) is 0 Å². The number of carboxylic acids is 1.